The Morgan fingerprint density at radius 1 is 0.373 bits per heavy atom. The van der Waals surface area contributed by atoms with Gasteiger partial charge in [-0.25, -0.2) is 0 Å². The zero-order valence-electron chi connectivity index (χ0n) is 37.2. The average molecular weight is 857 g/mol. The molecule has 14 rings (SSSR count). The summed E-state index contributed by atoms with van der Waals surface area (Å²) in [5.74, 6) is 0. The third-order valence-electron chi connectivity index (χ3n) is 15.1. The molecule has 2 heterocycles. The molecule has 3 aliphatic rings. The molecule has 2 aliphatic carbocycles. The van der Waals surface area contributed by atoms with Crippen LogP contribution in [0.25, 0.3) is 55.3 Å². The molecule has 0 fully saturated rings. The van der Waals surface area contributed by atoms with Crippen molar-refractivity contribution in [1.82, 2.24) is 0 Å². The first-order chi connectivity index (χ1) is 33.0. The quantitative estimate of drug-likeness (QED) is 0.172. The highest BCUT2D eigenvalue weighted by Gasteiger charge is 2.51. The van der Waals surface area contributed by atoms with Gasteiger partial charge >= 0.3 is 0 Å². The minimum atomic E-state index is -0.531. The van der Waals surface area contributed by atoms with E-state index in [0.717, 1.165) is 55.8 Å². The minimum Gasteiger partial charge on any atom is -0.455 e. The smallest absolute Gasteiger partial charge is 0.143 e. The van der Waals surface area contributed by atoms with Gasteiger partial charge in [0.1, 0.15) is 11.2 Å². The number of benzene rings is 10. The normalized spacial score (nSPS) is 14.3. The van der Waals surface area contributed by atoms with E-state index in [1.165, 1.54) is 67.0 Å². The molecule has 0 atom stereocenters. The fourth-order valence-corrected chi connectivity index (χ4v) is 12.1. The number of furan rings is 1. The second-order valence-corrected chi connectivity index (χ2v) is 18.8. The maximum Gasteiger partial charge on any atom is 0.143 e. The first-order valence-electron chi connectivity index (χ1n) is 23.3. The van der Waals surface area contributed by atoms with E-state index >= 15 is 0 Å². The van der Waals surface area contributed by atoms with Gasteiger partial charge < -0.3 is 14.2 Å². The molecule has 3 heteroatoms. The van der Waals surface area contributed by atoms with Crippen molar-refractivity contribution in [1.29, 1.82) is 0 Å². The maximum atomic E-state index is 6.52. The van der Waals surface area contributed by atoms with E-state index in [-0.39, 0.29) is 5.41 Å². The predicted molar refractivity (Wildman–Crippen MR) is 277 cm³/mol. The van der Waals surface area contributed by atoms with Crippen molar-refractivity contribution in [3.05, 3.63) is 264 Å². The molecule has 10 aromatic carbocycles. The van der Waals surface area contributed by atoms with Gasteiger partial charge in [0.25, 0.3) is 0 Å². The molecule has 1 aliphatic heterocycles. The highest BCUT2D eigenvalue weighted by molar-refractivity contribution is 6.09. The van der Waals surface area contributed by atoms with E-state index < -0.39 is 5.41 Å². The summed E-state index contributed by atoms with van der Waals surface area (Å²) in [5.41, 5.74) is 23.2. The monoisotopic (exact) mass is 856 g/mol. The molecule has 1 spiro atoms. The highest BCUT2D eigenvalue weighted by atomic mass is 16.3. The van der Waals surface area contributed by atoms with Crippen molar-refractivity contribution in [2.75, 3.05) is 9.80 Å². The third-order valence-corrected chi connectivity index (χ3v) is 15.1. The summed E-state index contributed by atoms with van der Waals surface area (Å²) < 4.78 is 6.52. The number of para-hydroxylation sites is 5. The van der Waals surface area contributed by atoms with Gasteiger partial charge in [-0.1, -0.05) is 178 Å². The maximum absolute atomic E-state index is 6.52. The molecule has 0 bridgehead atoms. The van der Waals surface area contributed by atoms with Crippen molar-refractivity contribution in [2.45, 2.75) is 24.7 Å². The number of hydrogen-bond donors (Lipinski definition) is 0. The van der Waals surface area contributed by atoms with Crippen LogP contribution < -0.4 is 9.80 Å². The molecule has 0 saturated heterocycles. The van der Waals surface area contributed by atoms with Crippen LogP contribution in [-0.2, 0) is 10.8 Å². The molecule has 1 aromatic heterocycles. The van der Waals surface area contributed by atoms with E-state index in [1.807, 2.05) is 6.07 Å². The van der Waals surface area contributed by atoms with Gasteiger partial charge in [0.05, 0.1) is 16.8 Å². The summed E-state index contributed by atoms with van der Waals surface area (Å²) in [4.78, 5) is 4.90. The molecule has 316 valence electrons. The average Bonchev–Trinajstić information content (AvgIpc) is 3.98. The molecule has 67 heavy (non-hydrogen) atoms. The van der Waals surface area contributed by atoms with Crippen LogP contribution in [0.2, 0.25) is 0 Å². The van der Waals surface area contributed by atoms with E-state index in [4.69, 9.17) is 4.42 Å². The zero-order chi connectivity index (χ0) is 44.4. The predicted octanol–water partition coefficient (Wildman–Crippen LogP) is 17.2. The number of fused-ring (bicyclic) bond motifs is 15. The Morgan fingerprint density at radius 3 is 1.67 bits per heavy atom. The van der Waals surface area contributed by atoms with Crippen LogP contribution in [0.5, 0.6) is 0 Å². The Kier molecular flexibility index (Phi) is 7.95. The molecular formula is C64H44N2O. The van der Waals surface area contributed by atoms with E-state index in [0.29, 0.717) is 0 Å². The minimum absolute atomic E-state index is 0.151. The molecule has 11 aromatic rings. The van der Waals surface area contributed by atoms with Crippen LogP contribution >= 0.6 is 0 Å². The van der Waals surface area contributed by atoms with Crippen LogP contribution in [0.3, 0.4) is 0 Å². The Balaban J connectivity index is 0.972. The Bertz CT molecular complexity index is 3760. The molecule has 0 saturated carbocycles. The molecule has 0 radical (unpaired) electrons. The van der Waals surface area contributed by atoms with E-state index in [9.17, 15) is 0 Å². The lowest BCUT2D eigenvalue weighted by Crippen LogP contribution is -2.36. The standard InChI is InChI=1S/C64H44N2O/c1-63(2)53-24-9-6-19-47(53)49-37-35-45(40-58(49)63)65(43-33-31-41(32-34-43)46-22-16-23-51-50-21-8-15-30-61(50)67-62(46)51)44-36-38-55-52(39-44)48-20-7-10-25-54(48)64(55)56-26-11-13-28-59(56)66(42-17-4-3-5-18-42)60-29-14-12-27-57(60)64/h3-40H,1-2H3. The van der Waals surface area contributed by atoms with Crippen LogP contribution in [0.1, 0.15) is 47.2 Å². The van der Waals surface area contributed by atoms with Crippen LogP contribution in [0, 0.1) is 0 Å². The lowest BCUT2D eigenvalue weighted by atomic mass is 9.64. The second kappa shape index (κ2) is 14.1. The van der Waals surface area contributed by atoms with Gasteiger partial charge in [-0.05, 0) is 128 Å². The lowest BCUT2D eigenvalue weighted by molar-refractivity contribution is 0.660. The topological polar surface area (TPSA) is 19.6 Å². The highest BCUT2D eigenvalue weighted by Crippen LogP contribution is 2.64. The molecule has 0 N–H and O–H groups in total. The van der Waals surface area contributed by atoms with Crippen LogP contribution in [0.15, 0.2) is 235 Å². The summed E-state index contributed by atoms with van der Waals surface area (Å²) >= 11 is 0. The molecule has 0 amide bonds. The van der Waals surface area contributed by atoms with Crippen LogP contribution in [-0.4, -0.2) is 0 Å². The number of rotatable bonds is 5. The summed E-state index contributed by atoms with van der Waals surface area (Å²) in [6.45, 7) is 4.73. The van der Waals surface area contributed by atoms with E-state index in [2.05, 4.69) is 248 Å². The fraction of sp³-hybridized carbons (Fsp3) is 0.0625. The Hall–Kier alpha value is -8.40. The van der Waals surface area contributed by atoms with Crippen molar-refractivity contribution in [2.24, 2.45) is 0 Å². The fourth-order valence-electron chi connectivity index (χ4n) is 12.1. The van der Waals surface area contributed by atoms with E-state index in [1.54, 1.807) is 0 Å². The largest absolute Gasteiger partial charge is 0.455 e. The molecular weight excluding hydrogens is 813 g/mol. The Morgan fingerprint density at radius 2 is 0.910 bits per heavy atom. The first-order valence-corrected chi connectivity index (χ1v) is 23.3. The van der Waals surface area contributed by atoms with Gasteiger partial charge in [0.15, 0.2) is 0 Å². The van der Waals surface area contributed by atoms with Gasteiger partial charge in [0.2, 0.25) is 0 Å². The lowest BCUT2D eigenvalue weighted by Gasteiger charge is -2.45. The second-order valence-electron chi connectivity index (χ2n) is 18.8. The molecule has 0 unspecified atom stereocenters. The molecule has 3 nitrogen and oxygen atoms in total. The van der Waals surface area contributed by atoms with Gasteiger partial charge in [-0.3, -0.25) is 0 Å². The van der Waals surface area contributed by atoms with Crippen molar-refractivity contribution in [3.8, 4) is 33.4 Å². The number of hydrogen-bond acceptors (Lipinski definition) is 3. The van der Waals surface area contributed by atoms with Gasteiger partial charge in [-0.2, -0.15) is 0 Å². The zero-order valence-corrected chi connectivity index (χ0v) is 37.2. The summed E-state index contributed by atoms with van der Waals surface area (Å²) in [6, 6.07) is 85.0. The van der Waals surface area contributed by atoms with Gasteiger partial charge in [0, 0.05) is 44.5 Å². The first kappa shape index (κ1) is 37.9. The summed E-state index contributed by atoms with van der Waals surface area (Å²) in [6.07, 6.45) is 0. The Labute approximate surface area is 390 Å². The summed E-state index contributed by atoms with van der Waals surface area (Å²) in [7, 11) is 0. The number of nitrogens with zero attached hydrogens (tertiary/aromatic N) is 2. The van der Waals surface area contributed by atoms with Crippen molar-refractivity contribution in [3.63, 3.8) is 0 Å². The number of anilines is 6. The third kappa shape index (κ3) is 5.23. The van der Waals surface area contributed by atoms with Crippen molar-refractivity contribution < 1.29 is 4.42 Å². The summed E-state index contributed by atoms with van der Waals surface area (Å²) in [5, 5.41) is 2.27. The SMILES string of the molecule is CC1(C)c2ccccc2-c2ccc(N(c3ccc(-c4cccc5c4oc4ccccc45)cc3)c3ccc4c(c3)-c3ccccc3C43c4ccccc4N(c4ccccc4)c4ccccc43)cc21. The van der Waals surface area contributed by atoms with Crippen molar-refractivity contribution >= 4 is 56.1 Å². The van der Waals surface area contributed by atoms with Crippen LogP contribution in [0.4, 0.5) is 34.1 Å². The van der Waals surface area contributed by atoms with Gasteiger partial charge in [-0.15, -0.1) is 0 Å².